The van der Waals surface area contributed by atoms with Crippen molar-refractivity contribution in [3.05, 3.63) is 71.5 Å². The summed E-state index contributed by atoms with van der Waals surface area (Å²) in [7, 11) is 1.75. The third kappa shape index (κ3) is 2.18. The summed E-state index contributed by atoms with van der Waals surface area (Å²) in [5.74, 6) is -1.18. The van der Waals surface area contributed by atoms with Gasteiger partial charge in [0.15, 0.2) is 0 Å². The molecule has 1 unspecified atom stereocenters. The lowest BCUT2D eigenvalue weighted by molar-refractivity contribution is 0.567. The molecule has 1 aromatic heterocycles. The molecule has 0 aliphatic rings. The van der Waals surface area contributed by atoms with Gasteiger partial charge >= 0.3 is 0 Å². The van der Waals surface area contributed by atoms with Crippen LogP contribution in [0.1, 0.15) is 17.2 Å². The average molecular weight is 273 g/mol. The molecule has 2 nitrogen and oxygen atoms in total. The first-order valence-electron chi connectivity index (χ1n) is 6.28. The fourth-order valence-electron chi connectivity index (χ4n) is 2.47. The highest BCUT2D eigenvalue weighted by Gasteiger charge is 2.18. The molecule has 1 heterocycles. The second-order valence-electron chi connectivity index (χ2n) is 4.61. The number of nitrogens with one attached hydrogen (secondary N) is 1. The first-order valence-corrected chi connectivity index (χ1v) is 6.28. The number of para-hydroxylation sites is 1. The highest BCUT2D eigenvalue weighted by molar-refractivity contribution is 5.81. The first kappa shape index (κ1) is 12.8. The Hall–Kier alpha value is -2.20. The lowest BCUT2D eigenvalue weighted by atomic mass is 9.98. The largest absolute Gasteiger partial charge is 0.464 e. The zero-order valence-electron chi connectivity index (χ0n) is 10.9. The van der Waals surface area contributed by atoms with E-state index >= 15 is 0 Å². The van der Waals surface area contributed by atoms with Gasteiger partial charge in [0.2, 0.25) is 0 Å². The minimum Gasteiger partial charge on any atom is -0.464 e. The fraction of sp³-hybridized carbons (Fsp3) is 0.125. The highest BCUT2D eigenvalue weighted by atomic mass is 19.1. The van der Waals surface area contributed by atoms with Gasteiger partial charge in [0, 0.05) is 17.0 Å². The number of fused-ring (bicyclic) bond motifs is 1. The van der Waals surface area contributed by atoms with Gasteiger partial charge in [-0.1, -0.05) is 18.2 Å². The van der Waals surface area contributed by atoms with Crippen molar-refractivity contribution in [3.8, 4) is 0 Å². The van der Waals surface area contributed by atoms with Gasteiger partial charge in [-0.2, -0.15) is 0 Å². The summed E-state index contributed by atoms with van der Waals surface area (Å²) in [4.78, 5) is 0. The smallest absolute Gasteiger partial charge is 0.134 e. The maximum Gasteiger partial charge on any atom is 0.134 e. The van der Waals surface area contributed by atoms with Gasteiger partial charge in [-0.15, -0.1) is 0 Å². The minimum atomic E-state index is -0.590. The Morgan fingerprint density at radius 2 is 1.75 bits per heavy atom. The second kappa shape index (κ2) is 5.06. The van der Waals surface area contributed by atoms with Crippen LogP contribution in [0.3, 0.4) is 0 Å². The van der Waals surface area contributed by atoms with E-state index in [1.165, 1.54) is 12.1 Å². The van der Waals surface area contributed by atoms with E-state index in [4.69, 9.17) is 4.42 Å². The van der Waals surface area contributed by atoms with Gasteiger partial charge in [-0.25, -0.2) is 8.78 Å². The molecule has 0 bridgehead atoms. The van der Waals surface area contributed by atoms with E-state index in [2.05, 4.69) is 5.32 Å². The number of furan rings is 1. The number of hydrogen-bond donors (Lipinski definition) is 1. The first-order chi connectivity index (χ1) is 9.69. The summed E-state index contributed by atoms with van der Waals surface area (Å²) in [6.45, 7) is 0. The molecule has 0 fully saturated rings. The molecule has 3 aromatic rings. The number of benzene rings is 2. The summed E-state index contributed by atoms with van der Waals surface area (Å²) >= 11 is 0. The van der Waals surface area contributed by atoms with E-state index < -0.39 is 11.6 Å². The molecule has 102 valence electrons. The van der Waals surface area contributed by atoms with Crippen molar-refractivity contribution in [3.63, 3.8) is 0 Å². The fourth-order valence-corrected chi connectivity index (χ4v) is 2.47. The standard InChI is InChI=1S/C16H13F2NO/c1-19-16(10-6-11(17)8-12(18)7-10)14-9-20-15-5-3-2-4-13(14)15/h2-9,16,19H,1H3. The zero-order chi connectivity index (χ0) is 14.1. The van der Waals surface area contributed by atoms with E-state index in [1.807, 2.05) is 24.3 Å². The maximum absolute atomic E-state index is 13.4. The van der Waals surface area contributed by atoms with Crippen LogP contribution in [0.4, 0.5) is 8.78 Å². The Morgan fingerprint density at radius 1 is 1.05 bits per heavy atom. The quantitative estimate of drug-likeness (QED) is 0.779. The van der Waals surface area contributed by atoms with Crippen molar-refractivity contribution in [2.75, 3.05) is 7.05 Å². The maximum atomic E-state index is 13.4. The van der Waals surface area contributed by atoms with Crippen LogP contribution in [0.15, 0.2) is 53.1 Å². The van der Waals surface area contributed by atoms with Crippen molar-refractivity contribution in [2.24, 2.45) is 0 Å². The topological polar surface area (TPSA) is 25.2 Å². The zero-order valence-corrected chi connectivity index (χ0v) is 10.9. The summed E-state index contributed by atoms with van der Waals surface area (Å²) in [6, 6.07) is 10.8. The van der Waals surface area contributed by atoms with Crippen LogP contribution in [0.5, 0.6) is 0 Å². The molecule has 4 heteroatoms. The third-order valence-corrected chi connectivity index (χ3v) is 3.33. The van der Waals surface area contributed by atoms with E-state index in [0.29, 0.717) is 5.56 Å². The van der Waals surface area contributed by atoms with Crippen molar-refractivity contribution in [1.82, 2.24) is 5.32 Å². The lowest BCUT2D eigenvalue weighted by Gasteiger charge is -2.16. The predicted molar refractivity (Wildman–Crippen MR) is 73.5 cm³/mol. The Balaban J connectivity index is 2.14. The average Bonchev–Trinajstić information content (AvgIpc) is 2.83. The van der Waals surface area contributed by atoms with Crippen molar-refractivity contribution in [1.29, 1.82) is 0 Å². The van der Waals surface area contributed by atoms with Gasteiger partial charge in [-0.05, 0) is 30.8 Å². The van der Waals surface area contributed by atoms with Gasteiger partial charge in [0.05, 0.1) is 12.3 Å². The third-order valence-electron chi connectivity index (χ3n) is 3.33. The van der Waals surface area contributed by atoms with Gasteiger partial charge in [0.25, 0.3) is 0 Å². The minimum absolute atomic E-state index is 0.330. The molecule has 0 spiro atoms. The van der Waals surface area contributed by atoms with Crippen LogP contribution in [0.25, 0.3) is 11.0 Å². The Morgan fingerprint density at radius 3 is 2.45 bits per heavy atom. The highest BCUT2D eigenvalue weighted by Crippen LogP contribution is 2.30. The molecule has 0 aliphatic heterocycles. The molecule has 0 saturated heterocycles. The molecule has 0 aliphatic carbocycles. The van der Waals surface area contributed by atoms with E-state index in [1.54, 1.807) is 13.3 Å². The Labute approximate surface area is 115 Å². The lowest BCUT2D eigenvalue weighted by Crippen LogP contribution is -2.17. The number of halogens is 2. The predicted octanol–water partition coefficient (Wildman–Crippen LogP) is 4.02. The number of rotatable bonds is 3. The molecule has 20 heavy (non-hydrogen) atoms. The second-order valence-corrected chi connectivity index (χ2v) is 4.61. The monoisotopic (exact) mass is 273 g/mol. The molecule has 0 amide bonds. The SMILES string of the molecule is CNC(c1cc(F)cc(F)c1)c1coc2ccccc12. The van der Waals surface area contributed by atoms with Crippen LogP contribution >= 0.6 is 0 Å². The molecular formula is C16H13F2NO. The van der Waals surface area contributed by atoms with Crippen LogP contribution in [0.2, 0.25) is 0 Å². The van der Waals surface area contributed by atoms with Gasteiger partial charge in [0.1, 0.15) is 17.2 Å². The van der Waals surface area contributed by atoms with E-state index in [9.17, 15) is 8.78 Å². The van der Waals surface area contributed by atoms with Gasteiger partial charge < -0.3 is 9.73 Å². The van der Waals surface area contributed by atoms with E-state index in [-0.39, 0.29) is 6.04 Å². The molecule has 1 atom stereocenters. The normalized spacial score (nSPS) is 12.8. The van der Waals surface area contributed by atoms with E-state index in [0.717, 1.165) is 22.6 Å². The summed E-state index contributed by atoms with van der Waals surface area (Å²) in [6.07, 6.45) is 1.62. The molecule has 2 aromatic carbocycles. The van der Waals surface area contributed by atoms with Crippen LogP contribution in [0, 0.1) is 11.6 Å². The summed E-state index contributed by atoms with van der Waals surface area (Å²) in [5, 5.41) is 4.00. The summed E-state index contributed by atoms with van der Waals surface area (Å²) in [5.41, 5.74) is 2.13. The Kier molecular flexibility index (Phi) is 3.24. The van der Waals surface area contributed by atoms with Crippen LogP contribution < -0.4 is 5.32 Å². The number of hydrogen-bond acceptors (Lipinski definition) is 2. The molecule has 1 N–H and O–H groups in total. The van der Waals surface area contributed by atoms with Crippen molar-refractivity contribution < 1.29 is 13.2 Å². The van der Waals surface area contributed by atoms with Gasteiger partial charge in [-0.3, -0.25) is 0 Å². The molecule has 3 rings (SSSR count). The Bertz CT molecular complexity index is 731. The molecule has 0 saturated carbocycles. The van der Waals surface area contributed by atoms with Crippen LogP contribution in [-0.4, -0.2) is 7.05 Å². The van der Waals surface area contributed by atoms with Crippen molar-refractivity contribution >= 4 is 11.0 Å². The van der Waals surface area contributed by atoms with Crippen LogP contribution in [-0.2, 0) is 0 Å². The molecular weight excluding hydrogens is 260 g/mol. The van der Waals surface area contributed by atoms with Crippen molar-refractivity contribution in [2.45, 2.75) is 6.04 Å². The summed E-state index contributed by atoms with van der Waals surface area (Å²) < 4.78 is 32.3. The molecule has 0 radical (unpaired) electrons.